The summed E-state index contributed by atoms with van der Waals surface area (Å²) >= 11 is 5.80. The number of hydrogen-bond acceptors (Lipinski definition) is 3. The highest BCUT2D eigenvalue weighted by Gasteiger charge is 2.27. The van der Waals surface area contributed by atoms with Gasteiger partial charge in [-0.3, -0.25) is 0 Å². The van der Waals surface area contributed by atoms with E-state index in [0.717, 1.165) is 17.7 Å². The summed E-state index contributed by atoms with van der Waals surface area (Å²) in [4.78, 5) is -0.425. The molecule has 0 bridgehead atoms. The molecule has 0 heterocycles. The number of halogens is 3. The molecular formula is C16H19Cl2FN2O2S. The van der Waals surface area contributed by atoms with E-state index in [2.05, 4.69) is 0 Å². The van der Waals surface area contributed by atoms with E-state index in [1.165, 1.54) is 10.4 Å². The summed E-state index contributed by atoms with van der Waals surface area (Å²) in [5, 5.41) is 0.167. The predicted octanol–water partition coefficient (Wildman–Crippen LogP) is 3.09. The summed E-state index contributed by atoms with van der Waals surface area (Å²) in [5.74, 6) is -0.823. The Hall–Kier alpha value is -1.18. The minimum absolute atomic E-state index is 0. The maximum Gasteiger partial charge on any atom is 0.246 e. The van der Waals surface area contributed by atoms with E-state index in [1.54, 1.807) is 0 Å². The van der Waals surface area contributed by atoms with Gasteiger partial charge in [0, 0.05) is 24.7 Å². The van der Waals surface area contributed by atoms with Gasteiger partial charge in [-0.15, -0.1) is 12.4 Å². The highest BCUT2D eigenvalue weighted by Crippen LogP contribution is 2.23. The SMILES string of the molecule is Cl.NCCN(CCc1ccccc1)S(=O)(=O)c1cc(Cl)ccc1F. The Bertz CT molecular complexity index is 758. The smallest absolute Gasteiger partial charge is 0.246 e. The highest BCUT2D eigenvalue weighted by molar-refractivity contribution is 7.89. The highest BCUT2D eigenvalue weighted by atomic mass is 35.5. The van der Waals surface area contributed by atoms with Gasteiger partial charge in [-0.25, -0.2) is 12.8 Å². The topological polar surface area (TPSA) is 63.4 Å². The van der Waals surface area contributed by atoms with Crippen LogP contribution >= 0.6 is 24.0 Å². The molecule has 0 aliphatic rings. The molecule has 0 spiro atoms. The first-order valence-corrected chi connectivity index (χ1v) is 8.96. The lowest BCUT2D eigenvalue weighted by Gasteiger charge is -2.22. The van der Waals surface area contributed by atoms with Crippen LogP contribution in [0.15, 0.2) is 53.4 Å². The Kier molecular flexibility index (Phi) is 8.12. The van der Waals surface area contributed by atoms with Crippen molar-refractivity contribution < 1.29 is 12.8 Å². The molecule has 0 saturated carbocycles. The zero-order valence-corrected chi connectivity index (χ0v) is 15.2. The molecule has 0 radical (unpaired) electrons. The fraction of sp³-hybridized carbons (Fsp3) is 0.250. The molecule has 132 valence electrons. The Morgan fingerprint density at radius 2 is 1.75 bits per heavy atom. The predicted molar refractivity (Wildman–Crippen MR) is 96.6 cm³/mol. The summed E-state index contributed by atoms with van der Waals surface area (Å²) in [6, 6.07) is 13.0. The fourth-order valence-electron chi connectivity index (χ4n) is 2.21. The van der Waals surface area contributed by atoms with E-state index >= 15 is 0 Å². The van der Waals surface area contributed by atoms with E-state index in [4.69, 9.17) is 17.3 Å². The minimum atomic E-state index is -3.99. The van der Waals surface area contributed by atoms with E-state index < -0.39 is 20.7 Å². The lowest BCUT2D eigenvalue weighted by atomic mass is 10.1. The molecule has 0 amide bonds. The van der Waals surface area contributed by atoms with Crippen molar-refractivity contribution in [1.82, 2.24) is 4.31 Å². The van der Waals surface area contributed by atoms with E-state index in [-0.39, 0.29) is 37.1 Å². The van der Waals surface area contributed by atoms with Crippen molar-refractivity contribution in [2.45, 2.75) is 11.3 Å². The number of hydrogen-bond donors (Lipinski definition) is 1. The molecule has 2 aromatic rings. The molecule has 24 heavy (non-hydrogen) atoms. The number of nitrogens with two attached hydrogens (primary N) is 1. The maximum atomic E-state index is 13.9. The van der Waals surface area contributed by atoms with Gasteiger partial charge in [-0.2, -0.15) is 4.31 Å². The third-order valence-corrected chi connectivity index (χ3v) is 5.53. The van der Waals surface area contributed by atoms with Gasteiger partial charge < -0.3 is 5.73 Å². The standard InChI is InChI=1S/C16H18ClFN2O2S.ClH/c17-14-6-7-15(18)16(12-14)23(21,22)20(11-9-19)10-8-13-4-2-1-3-5-13;/h1-7,12H,8-11,19H2;1H. The van der Waals surface area contributed by atoms with Crippen molar-refractivity contribution in [2.24, 2.45) is 5.73 Å². The first-order valence-electron chi connectivity index (χ1n) is 7.14. The Morgan fingerprint density at radius 3 is 2.38 bits per heavy atom. The molecule has 0 saturated heterocycles. The average molecular weight is 393 g/mol. The largest absolute Gasteiger partial charge is 0.329 e. The number of benzene rings is 2. The zero-order chi connectivity index (χ0) is 16.9. The van der Waals surface area contributed by atoms with Crippen LogP contribution in [0.25, 0.3) is 0 Å². The van der Waals surface area contributed by atoms with Gasteiger partial charge in [0.15, 0.2) is 0 Å². The van der Waals surface area contributed by atoms with Gasteiger partial charge in [-0.05, 0) is 30.2 Å². The molecule has 0 fully saturated rings. The van der Waals surface area contributed by atoms with Crippen LogP contribution in [0.2, 0.25) is 5.02 Å². The van der Waals surface area contributed by atoms with Crippen molar-refractivity contribution in [3.05, 3.63) is 64.9 Å². The van der Waals surface area contributed by atoms with Crippen LogP contribution in [0.3, 0.4) is 0 Å². The van der Waals surface area contributed by atoms with E-state index in [0.29, 0.717) is 6.42 Å². The molecule has 4 nitrogen and oxygen atoms in total. The fourth-order valence-corrected chi connectivity index (χ4v) is 3.99. The second-order valence-corrected chi connectivity index (χ2v) is 7.35. The third kappa shape index (κ3) is 5.16. The van der Waals surface area contributed by atoms with Crippen molar-refractivity contribution in [3.63, 3.8) is 0 Å². The Balaban J connectivity index is 0.00000288. The lowest BCUT2D eigenvalue weighted by molar-refractivity contribution is 0.417. The van der Waals surface area contributed by atoms with Gasteiger partial charge in [0.1, 0.15) is 10.7 Å². The monoisotopic (exact) mass is 392 g/mol. The quantitative estimate of drug-likeness (QED) is 0.787. The summed E-state index contributed by atoms with van der Waals surface area (Å²) in [6.45, 7) is 0.479. The van der Waals surface area contributed by atoms with Gasteiger partial charge >= 0.3 is 0 Å². The number of sulfonamides is 1. The Morgan fingerprint density at radius 1 is 1.08 bits per heavy atom. The van der Waals surface area contributed by atoms with Gasteiger partial charge in [0.05, 0.1) is 0 Å². The third-order valence-electron chi connectivity index (χ3n) is 3.38. The number of rotatable bonds is 7. The van der Waals surface area contributed by atoms with E-state index in [1.807, 2.05) is 30.3 Å². The average Bonchev–Trinajstić information content (AvgIpc) is 2.54. The van der Waals surface area contributed by atoms with Crippen LogP contribution in [0.5, 0.6) is 0 Å². The summed E-state index contributed by atoms with van der Waals surface area (Å²) in [5.41, 5.74) is 6.51. The van der Waals surface area contributed by atoms with Crippen LogP contribution in [-0.2, 0) is 16.4 Å². The summed E-state index contributed by atoms with van der Waals surface area (Å²) < 4.78 is 40.5. The van der Waals surface area contributed by atoms with Crippen molar-refractivity contribution in [2.75, 3.05) is 19.6 Å². The molecule has 0 aromatic heterocycles. The molecule has 0 aliphatic heterocycles. The minimum Gasteiger partial charge on any atom is -0.329 e. The number of nitrogens with zero attached hydrogens (tertiary/aromatic N) is 1. The molecular weight excluding hydrogens is 374 g/mol. The second-order valence-electron chi connectivity index (χ2n) is 5.00. The molecule has 2 aromatic carbocycles. The normalized spacial score (nSPS) is 11.3. The molecule has 2 N–H and O–H groups in total. The van der Waals surface area contributed by atoms with Crippen LogP contribution < -0.4 is 5.73 Å². The molecule has 0 unspecified atom stereocenters. The first-order chi connectivity index (χ1) is 10.9. The van der Waals surface area contributed by atoms with Crippen molar-refractivity contribution in [3.8, 4) is 0 Å². The summed E-state index contributed by atoms with van der Waals surface area (Å²) in [7, 11) is -3.99. The van der Waals surface area contributed by atoms with Gasteiger partial charge in [0.25, 0.3) is 0 Å². The molecule has 8 heteroatoms. The van der Waals surface area contributed by atoms with Gasteiger partial charge in [0.2, 0.25) is 10.0 Å². The van der Waals surface area contributed by atoms with Crippen molar-refractivity contribution >= 4 is 34.0 Å². The second kappa shape index (κ2) is 9.34. The maximum absolute atomic E-state index is 13.9. The Labute approximate surface area is 152 Å². The molecule has 0 atom stereocenters. The molecule has 2 rings (SSSR count). The lowest BCUT2D eigenvalue weighted by Crippen LogP contribution is -2.37. The van der Waals surface area contributed by atoms with Crippen LogP contribution in [0.1, 0.15) is 5.56 Å². The van der Waals surface area contributed by atoms with Crippen LogP contribution in [-0.4, -0.2) is 32.4 Å². The van der Waals surface area contributed by atoms with Crippen molar-refractivity contribution in [1.29, 1.82) is 0 Å². The van der Waals surface area contributed by atoms with Crippen LogP contribution in [0, 0.1) is 5.82 Å². The van der Waals surface area contributed by atoms with E-state index in [9.17, 15) is 12.8 Å². The van der Waals surface area contributed by atoms with Crippen LogP contribution in [0.4, 0.5) is 4.39 Å². The van der Waals surface area contributed by atoms with Gasteiger partial charge in [-0.1, -0.05) is 41.9 Å². The zero-order valence-electron chi connectivity index (χ0n) is 12.9. The molecule has 0 aliphatic carbocycles. The first kappa shape index (κ1) is 20.9. The summed E-state index contributed by atoms with van der Waals surface area (Å²) in [6.07, 6.45) is 0.516.